The number of carbonyl (C=O) groups is 1. The normalized spacial score (nSPS) is 18.5. The molecule has 10 heteroatoms. The molecule has 1 aromatic heterocycles. The van der Waals surface area contributed by atoms with Gasteiger partial charge in [0.15, 0.2) is 17.3 Å². The van der Waals surface area contributed by atoms with Crippen molar-refractivity contribution in [1.29, 1.82) is 0 Å². The van der Waals surface area contributed by atoms with Crippen LogP contribution < -0.4 is 20.8 Å². The Labute approximate surface area is 273 Å². The van der Waals surface area contributed by atoms with E-state index in [1.807, 2.05) is 22.8 Å². The number of fused-ring (bicyclic) bond motifs is 5. The van der Waals surface area contributed by atoms with Crippen molar-refractivity contribution < 1.29 is 18.7 Å². The molecule has 8 rings (SSSR count). The second-order valence-electron chi connectivity index (χ2n) is 13.2. The molecule has 0 saturated carbocycles. The molecule has 4 heterocycles. The van der Waals surface area contributed by atoms with Gasteiger partial charge in [0.2, 0.25) is 5.43 Å². The van der Waals surface area contributed by atoms with Gasteiger partial charge in [-0.3, -0.25) is 14.5 Å². The SMILES string of the molecule is CN1CCCC1CCNC(=O)c1cn2c3c(c(NCCCN4CCOCC4)c(F)cc3c1=O)Oc1cc3c(cc1-2)-c1ccccc1C3. The molecule has 0 bridgehead atoms. The van der Waals surface area contributed by atoms with E-state index in [1.54, 1.807) is 6.20 Å². The Balaban J connectivity index is 1.17. The molecular weight excluding hydrogens is 597 g/mol. The van der Waals surface area contributed by atoms with Crippen molar-refractivity contribution in [3.05, 3.63) is 81.4 Å². The monoisotopic (exact) mass is 637 g/mol. The number of nitrogens with one attached hydrogen (secondary N) is 2. The summed E-state index contributed by atoms with van der Waals surface area (Å²) in [5.41, 5.74) is 5.47. The number of amides is 1. The Morgan fingerprint density at radius 1 is 1.04 bits per heavy atom. The molecule has 3 aromatic carbocycles. The molecule has 1 unspecified atom stereocenters. The number of carbonyl (C=O) groups excluding carboxylic acids is 1. The van der Waals surface area contributed by atoms with Gasteiger partial charge in [0.05, 0.1) is 24.3 Å². The van der Waals surface area contributed by atoms with Crippen LogP contribution in [0.15, 0.2) is 53.5 Å². The van der Waals surface area contributed by atoms with E-state index in [4.69, 9.17) is 9.47 Å². The third kappa shape index (κ3) is 5.48. The van der Waals surface area contributed by atoms with Gasteiger partial charge in [0, 0.05) is 38.4 Å². The molecule has 244 valence electrons. The number of ether oxygens (including phenoxy) is 2. The quantitative estimate of drug-likeness (QED) is 0.212. The lowest BCUT2D eigenvalue weighted by Crippen LogP contribution is -2.37. The van der Waals surface area contributed by atoms with E-state index in [2.05, 4.69) is 45.7 Å². The van der Waals surface area contributed by atoms with Crippen molar-refractivity contribution in [2.45, 2.75) is 38.1 Å². The minimum absolute atomic E-state index is 0.0115. The minimum Gasteiger partial charge on any atom is -0.451 e. The first-order valence-electron chi connectivity index (χ1n) is 16.8. The summed E-state index contributed by atoms with van der Waals surface area (Å²) in [4.78, 5) is 32.1. The first kappa shape index (κ1) is 30.1. The number of pyridine rings is 1. The number of anilines is 1. The second-order valence-corrected chi connectivity index (χ2v) is 13.2. The van der Waals surface area contributed by atoms with Crippen LogP contribution in [-0.2, 0) is 11.2 Å². The second kappa shape index (κ2) is 12.4. The maximum absolute atomic E-state index is 16.0. The maximum Gasteiger partial charge on any atom is 0.256 e. The van der Waals surface area contributed by atoms with E-state index >= 15 is 4.39 Å². The molecule has 47 heavy (non-hydrogen) atoms. The van der Waals surface area contributed by atoms with Gasteiger partial charge in [-0.25, -0.2) is 4.39 Å². The van der Waals surface area contributed by atoms with Crippen molar-refractivity contribution in [3.8, 4) is 28.3 Å². The number of likely N-dealkylation sites (tertiary alicyclic amines) is 1. The Hall–Kier alpha value is -4.25. The van der Waals surface area contributed by atoms with E-state index in [0.29, 0.717) is 36.1 Å². The summed E-state index contributed by atoms with van der Waals surface area (Å²) >= 11 is 0. The van der Waals surface area contributed by atoms with E-state index in [0.717, 1.165) is 88.2 Å². The van der Waals surface area contributed by atoms with Crippen LogP contribution in [0, 0.1) is 5.82 Å². The minimum atomic E-state index is -0.582. The van der Waals surface area contributed by atoms with E-state index in [9.17, 15) is 9.59 Å². The Morgan fingerprint density at radius 3 is 2.72 bits per heavy atom. The van der Waals surface area contributed by atoms with Crippen molar-refractivity contribution >= 4 is 22.5 Å². The lowest BCUT2D eigenvalue weighted by molar-refractivity contribution is 0.0378. The van der Waals surface area contributed by atoms with Crippen LogP contribution >= 0.6 is 0 Å². The predicted octanol–water partition coefficient (Wildman–Crippen LogP) is 5.16. The molecule has 1 atom stereocenters. The number of halogens is 1. The van der Waals surface area contributed by atoms with Crippen LogP contribution in [0.4, 0.5) is 10.1 Å². The van der Waals surface area contributed by atoms with Gasteiger partial charge in [0.1, 0.15) is 16.8 Å². The average Bonchev–Trinajstić information content (AvgIpc) is 3.66. The number of hydrogen-bond donors (Lipinski definition) is 2. The summed E-state index contributed by atoms with van der Waals surface area (Å²) in [5, 5.41) is 6.37. The Bertz CT molecular complexity index is 1930. The Kier molecular flexibility index (Phi) is 7.95. The van der Waals surface area contributed by atoms with Crippen LogP contribution in [0.5, 0.6) is 11.5 Å². The molecule has 0 radical (unpaired) electrons. The highest BCUT2D eigenvalue weighted by Gasteiger charge is 2.31. The summed E-state index contributed by atoms with van der Waals surface area (Å²) in [6.07, 6.45) is 6.26. The van der Waals surface area contributed by atoms with E-state index < -0.39 is 17.2 Å². The molecule has 1 amide bonds. The Morgan fingerprint density at radius 2 is 1.89 bits per heavy atom. The molecule has 4 aliphatic rings. The van der Waals surface area contributed by atoms with E-state index in [-0.39, 0.29) is 22.4 Å². The van der Waals surface area contributed by atoms with Crippen molar-refractivity contribution in [2.24, 2.45) is 0 Å². The van der Waals surface area contributed by atoms with Crippen LogP contribution in [0.3, 0.4) is 0 Å². The summed E-state index contributed by atoms with van der Waals surface area (Å²) in [5.74, 6) is -0.205. The number of hydrogen-bond acceptors (Lipinski definition) is 7. The van der Waals surface area contributed by atoms with Gasteiger partial charge in [-0.05, 0) is 92.7 Å². The lowest BCUT2D eigenvalue weighted by Gasteiger charge is -2.28. The lowest BCUT2D eigenvalue weighted by atomic mass is 10.0. The highest BCUT2D eigenvalue weighted by atomic mass is 19.1. The molecule has 2 fully saturated rings. The molecular formula is C37H40FN5O4. The van der Waals surface area contributed by atoms with E-state index in [1.165, 1.54) is 11.6 Å². The molecule has 4 aromatic rings. The zero-order chi connectivity index (χ0) is 32.1. The molecule has 0 spiro atoms. The topological polar surface area (TPSA) is 88.1 Å². The van der Waals surface area contributed by atoms with Gasteiger partial charge in [0.25, 0.3) is 5.91 Å². The van der Waals surface area contributed by atoms with Crippen LogP contribution in [-0.4, -0.2) is 85.8 Å². The number of aromatic nitrogens is 1. The summed E-state index contributed by atoms with van der Waals surface area (Å²) in [6.45, 7) is 6.17. The van der Waals surface area contributed by atoms with Gasteiger partial charge in [-0.1, -0.05) is 24.3 Å². The molecule has 1 aliphatic carbocycles. The molecule has 2 N–H and O–H groups in total. The fraction of sp³-hybridized carbons (Fsp3) is 0.405. The molecule has 3 aliphatic heterocycles. The summed E-state index contributed by atoms with van der Waals surface area (Å²) in [6, 6.07) is 14.1. The zero-order valence-corrected chi connectivity index (χ0v) is 26.7. The number of nitrogens with zero attached hydrogens (tertiary/aromatic N) is 3. The number of benzene rings is 3. The van der Waals surface area contributed by atoms with Gasteiger partial charge < -0.3 is 29.6 Å². The van der Waals surface area contributed by atoms with Crippen molar-refractivity contribution in [3.63, 3.8) is 0 Å². The summed E-state index contributed by atoms with van der Waals surface area (Å²) in [7, 11) is 2.11. The van der Waals surface area contributed by atoms with Gasteiger partial charge in [-0.15, -0.1) is 0 Å². The average molecular weight is 638 g/mol. The number of rotatable bonds is 9. The number of morpholine rings is 1. The standard InChI is InChI=1S/C37H40FN5O4/c1-41-12-4-7-25(41)9-11-40-37(45)29-22-43-31-21-27-24(18-23-6-2-3-8-26(23)27)19-32(31)47-36-33(30(38)20-28(34(36)43)35(29)44)39-10-5-13-42-14-16-46-17-15-42/h2-3,6,8,19-22,25,39H,4-5,7,9-18H2,1H3,(H,40,45). The molecule has 2 saturated heterocycles. The molecule has 9 nitrogen and oxygen atoms in total. The van der Waals surface area contributed by atoms with Crippen molar-refractivity contribution in [2.75, 3.05) is 64.8 Å². The predicted molar refractivity (Wildman–Crippen MR) is 181 cm³/mol. The van der Waals surface area contributed by atoms with Crippen LogP contribution in [0.1, 0.15) is 47.2 Å². The highest BCUT2D eigenvalue weighted by Crippen LogP contribution is 2.48. The van der Waals surface area contributed by atoms with Gasteiger partial charge in [-0.2, -0.15) is 0 Å². The first-order chi connectivity index (χ1) is 23.0. The third-order valence-corrected chi connectivity index (χ3v) is 10.3. The smallest absolute Gasteiger partial charge is 0.256 e. The first-order valence-corrected chi connectivity index (χ1v) is 16.8. The largest absolute Gasteiger partial charge is 0.451 e. The zero-order valence-electron chi connectivity index (χ0n) is 26.7. The van der Waals surface area contributed by atoms with Crippen molar-refractivity contribution in [1.82, 2.24) is 19.7 Å². The highest BCUT2D eigenvalue weighted by molar-refractivity contribution is 6.01. The van der Waals surface area contributed by atoms with Gasteiger partial charge >= 0.3 is 0 Å². The fourth-order valence-corrected chi connectivity index (χ4v) is 7.70. The fourth-order valence-electron chi connectivity index (χ4n) is 7.70. The van der Waals surface area contributed by atoms with Crippen LogP contribution in [0.2, 0.25) is 0 Å². The van der Waals surface area contributed by atoms with Crippen LogP contribution in [0.25, 0.3) is 27.7 Å². The summed E-state index contributed by atoms with van der Waals surface area (Å²) < 4.78 is 29.8. The maximum atomic E-state index is 16.0. The third-order valence-electron chi connectivity index (χ3n) is 10.3.